The van der Waals surface area contributed by atoms with Crippen LogP contribution in [0.3, 0.4) is 0 Å². The first-order valence-electron chi connectivity index (χ1n) is 4.84. The summed E-state index contributed by atoms with van der Waals surface area (Å²) < 4.78 is 13.5. The second-order valence-electron chi connectivity index (χ2n) is 3.58. The smallest absolute Gasteiger partial charge is 0.148 e. The summed E-state index contributed by atoms with van der Waals surface area (Å²) in [6.07, 6.45) is 0.986. The molecule has 0 fully saturated rings. The van der Waals surface area contributed by atoms with Gasteiger partial charge < -0.3 is 10.6 Å². The summed E-state index contributed by atoms with van der Waals surface area (Å²) in [7, 11) is 1.89. The van der Waals surface area contributed by atoms with E-state index < -0.39 is 0 Å². The quantitative estimate of drug-likeness (QED) is 0.753. The van der Waals surface area contributed by atoms with E-state index in [0.717, 1.165) is 6.42 Å². The van der Waals surface area contributed by atoms with E-state index in [2.05, 4.69) is 13.8 Å². The molecule has 0 saturated heterocycles. The van der Waals surface area contributed by atoms with Crippen LogP contribution in [0.4, 0.5) is 15.8 Å². The zero-order valence-corrected chi connectivity index (χ0v) is 8.92. The second-order valence-corrected chi connectivity index (χ2v) is 3.58. The molecule has 0 heterocycles. The maximum atomic E-state index is 13.5. The van der Waals surface area contributed by atoms with Crippen LogP contribution in [0.2, 0.25) is 0 Å². The van der Waals surface area contributed by atoms with E-state index in [1.807, 2.05) is 11.9 Å². The molecule has 14 heavy (non-hydrogen) atoms. The first-order chi connectivity index (χ1) is 6.56. The highest BCUT2D eigenvalue weighted by Gasteiger charge is 2.11. The van der Waals surface area contributed by atoms with Crippen LogP contribution in [0, 0.1) is 5.82 Å². The summed E-state index contributed by atoms with van der Waals surface area (Å²) in [6, 6.07) is 5.12. The minimum atomic E-state index is -0.257. The van der Waals surface area contributed by atoms with E-state index in [9.17, 15) is 4.39 Å². The Hall–Kier alpha value is -1.25. The molecule has 0 bridgehead atoms. The number of nitrogens with zero attached hydrogens (tertiary/aromatic N) is 1. The summed E-state index contributed by atoms with van der Waals surface area (Å²) in [6.45, 7) is 4.15. The Morgan fingerprint density at radius 3 is 2.64 bits per heavy atom. The topological polar surface area (TPSA) is 29.3 Å². The highest BCUT2D eigenvalue weighted by Crippen LogP contribution is 2.22. The fourth-order valence-electron chi connectivity index (χ4n) is 1.32. The predicted molar refractivity (Wildman–Crippen MR) is 59.0 cm³/mol. The third kappa shape index (κ3) is 2.16. The molecule has 0 spiro atoms. The zero-order chi connectivity index (χ0) is 10.7. The highest BCUT2D eigenvalue weighted by molar-refractivity contribution is 5.54. The lowest BCUT2D eigenvalue weighted by molar-refractivity contribution is 0.600. The molecule has 0 aliphatic heterocycles. The number of nitrogens with two attached hydrogens (primary N) is 1. The molecular weight excluding hydrogens is 179 g/mol. The van der Waals surface area contributed by atoms with E-state index in [0.29, 0.717) is 17.4 Å². The van der Waals surface area contributed by atoms with Gasteiger partial charge in [0.25, 0.3) is 0 Å². The van der Waals surface area contributed by atoms with Crippen molar-refractivity contribution in [2.45, 2.75) is 26.3 Å². The van der Waals surface area contributed by atoms with Gasteiger partial charge in [0.15, 0.2) is 0 Å². The second kappa shape index (κ2) is 4.31. The minimum absolute atomic E-state index is 0.257. The molecule has 0 saturated carbocycles. The molecule has 0 aliphatic rings. The summed E-state index contributed by atoms with van der Waals surface area (Å²) in [5, 5.41) is 0. The predicted octanol–water partition coefficient (Wildman–Crippen LogP) is 2.64. The molecule has 2 nitrogen and oxygen atoms in total. The summed E-state index contributed by atoms with van der Waals surface area (Å²) in [4.78, 5) is 1.93. The van der Waals surface area contributed by atoms with Gasteiger partial charge in [0.05, 0.1) is 5.69 Å². The number of hydrogen-bond donors (Lipinski definition) is 1. The fraction of sp³-hybridized carbons (Fsp3) is 0.455. The normalized spacial score (nSPS) is 12.6. The third-order valence-electron chi connectivity index (χ3n) is 2.60. The maximum absolute atomic E-state index is 13.5. The van der Waals surface area contributed by atoms with Crippen molar-refractivity contribution in [1.29, 1.82) is 0 Å². The zero-order valence-electron chi connectivity index (χ0n) is 8.92. The Morgan fingerprint density at radius 2 is 2.14 bits per heavy atom. The molecule has 1 unspecified atom stereocenters. The Bertz CT molecular complexity index is 312. The van der Waals surface area contributed by atoms with Gasteiger partial charge in [0.2, 0.25) is 0 Å². The molecule has 1 aromatic rings. The van der Waals surface area contributed by atoms with Crippen LogP contribution >= 0.6 is 0 Å². The minimum Gasteiger partial charge on any atom is -0.399 e. The van der Waals surface area contributed by atoms with Crippen LogP contribution in [0.1, 0.15) is 20.3 Å². The van der Waals surface area contributed by atoms with Crippen molar-refractivity contribution >= 4 is 11.4 Å². The SMILES string of the molecule is CCC(C)N(C)c1ccc(N)cc1F. The number of halogens is 1. The first kappa shape index (κ1) is 10.8. The van der Waals surface area contributed by atoms with Gasteiger partial charge in [0, 0.05) is 18.8 Å². The number of hydrogen-bond acceptors (Lipinski definition) is 2. The number of benzene rings is 1. The molecule has 3 heteroatoms. The highest BCUT2D eigenvalue weighted by atomic mass is 19.1. The lowest BCUT2D eigenvalue weighted by Crippen LogP contribution is -2.28. The largest absolute Gasteiger partial charge is 0.399 e. The molecule has 78 valence electrons. The monoisotopic (exact) mass is 196 g/mol. The lowest BCUT2D eigenvalue weighted by Gasteiger charge is -2.26. The van der Waals surface area contributed by atoms with Crippen molar-refractivity contribution in [1.82, 2.24) is 0 Å². The fourth-order valence-corrected chi connectivity index (χ4v) is 1.32. The third-order valence-corrected chi connectivity index (χ3v) is 2.60. The van der Waals surface area contributed by atoms with Crippen molar-refractivity contribution in [3.05, 3.63) is 24.0 Å². The van der Waals surface area contributed by atoms with E-state index in [1.165, 1.54) is 6.07 Å². The van der Waals surface area contributed by atoms with Crippen LogP contribution in [0.15, 0.2) is 18.2 Å². The van der Waals surface area contributed by atoms with E-state index in [-0.39, 0.29) is 5.82 Å². The van der Waals surface area contributed by atoms with E-state index >= 15 is 0 Å². The average Bonchev–Trinajstić information content (AvgIpc) is 2.15. The Morgan fingerprint density at radius 1 is 1.50 bits per heavy atom. The molecular formula is C11H17FN2. The van der Waals surface area contributed by atoms with Crippen molar-refractivity contribution in [3.8, 4) is 0 Å². The lowest BCUT2D eigenvalue weighted by atomic mass is 10.2. The van der Waals surface area contributed by atoms with Crippen LogP contribution < -0.4 is 10.6 Å². The molecule has 2 N–H and O–H groups in total. The van der Waals surface area contributed by atoms with E-state index in [4.69, 9.17) is 5.73 Å². The van der Waals surface area contributed by atoms with Crippen molar-refractivity contribution in [2.75, 3.05) is 17.7 Å². The van der Waals surface area contributed by atoms with Crippen molar-refractivity contribution < 1.29 is 4.39 Å². The average molecular weight is 196 g/mol. The van der Waals surface area contributed by atoms with Gasteiger partial charge in [-0.1, -0.05) is 6.92 Å². The van der Waals surface area contributed by atoms with Crippen LogP contribution in [-0.4, -0.2) is 13.1 Å². The Labute approximate surface area is 84.5 Å². The van der Waals surface area contributed by atoms with Gasteiger partial charge in [-0.3, -0.25) is 0 Å². The number of anilines is 2. The molecule has 0 amide bonds. The molecule has 1 atom stereocenters. The van der Waals surface area contributed by atoms with Crippen LogP contribution in [0.5, 0.6) is 0 Å². The maximum Gasteiger partial charge on any atom is 0.148 e. The molecule has 0 aromatic heterocycles. The summed E-state index contributed by atoms with van der Waals surface area (Å²) in [5.41, 5.74) is 6.54. The van der Waals surface area contributed by atoms with Gasteiger partial charge in [-0.15, -0.1) is 0 Å². The molecule has 1 rings (SSSR count). The van der Waals surface area contributed by atoms with Gasteiger partial charge in [0.1, 0.15) is 5.82 Å². The van der Waals surface area contributed by atoms with Gasteiger partial charge in [-0.05, 0) is 31.5 Å². The molecule has 0 aliphatic carbocycles. The molecule has 0 radical (unpaired) electrons. The summed E-state index contributed by atoms with van der Waals surface area (Å²) >= 11 is 0. The van der Waals surface area contributed by atoms with Crippen molar-refractivity contribution in [3.63, 3.8) is 0 Å². The van der Waals surface area contributed by atoms with E-state index in [1.54, 1.807) is 12.1 Å². The Kier molecular flexibility index (Phi) is 3.33. The van der Waals surface area contributed by atoms with Crippen LogP contribution in [-0.2, 0) is 0 Å². The first-order valence-corrected chi connectivity index (χ1v) is 4.84. The van der Waals surface area contributed by atoms with Crippen LogP contribution in [0.25, 0.3) is 0 Å². The molecule has 1 aromatic carbocycles. The van der Waals surface area contributed by atoms with Gasteiger partial charge in [-0.2, -0.15) is 0 Å². The van der Waals surface area contributed by atoms with Gasteiger partial charge >= 0.3 is 0 Å². The Balaban J connectivity index is 2.95. The number of nitrogen functional groups attached to an aromatic ring is 1. The number of rotatable bonds is 3. The summed E-state index contributed by atoms with van der Waals surface area (Å²) in [5.74, 6) is -0.257. The van der Waals surface area contributed by atoms with Crippen molar-refractivity contribution in [2.24, 2.45) is 0 Å². The standard InChI is InChI=1S/C11H17FN2/c1-4-8(2)14(3)11-6-5-9(13)7-10(11)12/h5-8H,4,13H2,1-3H3. The van der Waals surface area contributed by atoms with Gasteiger partial charge in [-0.25, -0.2) is 4.39 Å².